The van der Waals surface area contributed by atoms with Gasteiger partial charge in [-0.1, -0.05) is 18.2 Å². The van der Waals surface area contributed by atoms with Crippen LogP contribution in [0.5, 0.6) is 0 Å². The van der Waals surface area contributed by atoms with Crippen molar-refractivity contribution in [2.24, 2.45) is 0 Å². The second-order valence-corrected chi connectivity index (χ2v) is 5.87. The number of fused-ring (bicyclic) bond motifs is 1. The lowest BCUT2D eigenvalue weighted by Crippen LogP contribution is -2.54. The third-order valence-electron chi connectivity index (χ3n) is 4.23. The molecule has 1 aliphatic rings. The second-order valence-electron chi connectivity index (χ2n) is 5.87. The predicted octanol–water partition coefficient (Wildman–Crippen LogP) is 2.53. The molecule has 0 aliphatic carbocycles. The zero-order valence-electron chi connectivity index (χ0n) is 12.5. The number of nitrogens with zero attached hydrogens (tertiary/aromatic N) is 2. The Morgan fingerprint density at radius 3 is 2.67 bits per heavy atom. The number of ketones is 1. The van der Waals surface area contributed by atoms with E-state index in [-0.39, 0.29) is 5.78 Å². The molecule has 0 unspecified atom stereocenters. The summed E-state index contributed by atoms with van der Waals surface area (Å²) < 4.78 is 5.39. The molecule has 3 rings (SSSR count). The van der Waals surface area contributed by atoms with Gasteiger partial charge in [-0.3, -0.25) is 14.7 Å². The number of morpholine rings is 1. The van der Waals surface area contributed by atoms with E-state index in [2.05, 4.69) is 9.88 Å². The van der Waals surface area contributed by atoms with E-state index < -0.39 is 5.54 Å². The molecule has 110 valence electrons. The molecule has 0 bridgehead atoms. The molecule has 1 aromatic heterocycles. The van der Waals surface area contributed by atoms with Gasteiger partial charge < -0.3 is 4.74 Å². The van der Waals surface area contributed by atoms with Crippen molar-refractivity contribution >= 4 is 16.7 Å². The second kappa shape index (κ2) is 5.54. The molecule has 0 radical (unpaired) electrons. The number of Topliss-reactive ketones (excluding diaryl/α,β-unsaturated/α-hetero) is 1. The number of para-hydroxylation sites is 1. The molecule has 4 nitrogen and oxygen atoms in total. The van der Waals surface area contributed by atoms with E-state index in [4.69, 9.17) is 4.74 Å². The largest absolute Gasteiger partial charge is 0.379 e. The number of pyridine rings is 1. The maximum Gasteiger partial charge on any atom is 0.184 e. The molecule has 1 aliphatic heterocycles. The van der Waals surface area contributed by atoms with Crippen molar-refractivity contribution in [1.29, 1.82) is 0 Å². The summed E-state index contributed by atoms with van der Waals surface area (Å²) in [6.45, 7) is 6.92. The van der Waals surface area contributed by atoms with Crippen LogP contribution in [0.25, 0.3) is 10.9 Å². The molecule has 0 saturated carbocycles. The van der Waals surface area contributed by atoms with Crippen LogP contribution in [-0.4, -0.2) is 47.5 Å². The van der Waals surface area contributed by atoms with Crippen LogP contribution in [0, 0.1) is 0 Å². The van der Waals surface area contributed by atoms with E-state index in [0.29, 0.717) is 18.8 Å². The van der Waals surface area contributed by atoms with Crippen molar-refractivity contribution in [2.45, 2.75) is 19.4 Å². The summed E-state index contributed by atoms with van der Waals surface area (Å²) in [5, 5.41) is 1.00. The quantitative estimate of drug-likeness (QED) is 0.812. The molecular weight excluding hydrogens is 264 g/mol. The van der Waals surface area contributed by atoms with E-state index in [1.54, 1.807) is 6.20 Å². The summed E-state index contributed by atoms with van der Waals surface area (Å²) in [6.07, 6.45) is 1.74. The average Bonchev–Trinajstić information content (AvgIpc) is 2.54. The number of hydrogen-bond donors (Lipinski definition) is 0. The van der Waals surface area contributed by atoms with Crippen molar-refractivity contribution in [2.75, 3.05) is 26.3 Å². The molecule has 21 heavy (non-hydrogen) atoms. The Kier molecular flexibility index (Phi) is 3.74. The molecule has 4 heteroatoms. The Labute approximate surface area is 124 Å². The number of hydrogen-bond acceptors (Lipinski definition) is 4. The predicted molar refractivity (Wildman–Crippen MR) is 82.5 cm³/mol. The van der Waals surface area contributed by atoms with Crippen molar-refractivity contribution in [3.63, 3.8) is 0 Å². The number of rotatable bonds is 3. The molecule has 0 N–H and O–H groups in total. The van der Waals surface area contributed by atoms with E-state index in [1.807, 2.05) is 44.2 Å². The van der Waals surface area contributed by atoms with Crippen molar-refractivity contribution in [3.05, 3.63) is 42.1 Å². The summed E-state index contributed by atoms with van der Waals surface area (Å²) in [5.74, 6) is 0.119. The van der Waals surface area contributed by atoms with Crippen LogP contribution in [0.3, 0.4) is 0 Å². The fourth-order valence-corrected chi connectivity index (χ4v) is 2.88. The van der Waals surface area contributed by atoms with Gasteiger partial charge in [0.25, 0.3) is 0 Å². The van der Waals surface area contributed by atoms with Crippen LogP contribution in [0.4, 0.5) is 0 Å². The molecule has 1 saturated heterocycles. The van der Waals surface area contributed by atoms with E-state index >= 15 is 0 Å². The summed E-state index contributed by atoms with van der Waals surface area (Å²) >= 11 is 0. The van der Waals surface area contributed by atoms with Gasteiger partial charge >= 0.3 is 0 Å². The third-order valence-corrected chi connectivity index (χ3v) is 4.23. The Morgan fingerprint density at radius 1 is 1.19 bits per heavy atom. The first-order chi connectivity index (χ1) is 10.1. The Morgan fingerprint density at radius 2 is 1.90 bits per heavy atom. The maximum absolute atomic E-state index is 13.1. The third kappa shape index (κ3) is 2.57. The van der Waals surface area contributed by atoms with Gasteiger partial charge in [-0.15, -0.1) is 0 Å². The van der Waals surface area contributed by atoms with E-state index in [9.17, 15) is 4.79 Å². The van der Waals surface area contributed by atoms with Crippen LogP contribution < -0.4 is 0 Å². The normalized spacial score (nSPS) is 17.0. The molecule has 0 atom stereocenters. The van der Waals surface area contributed by atoms with Crippen molar-refractivity contribution in [1.82, 2.24) is 9.88 Å². The molecule has 1 aromatic carbocycles. The highest BCUT2D eigenvalue weighted by atomic mass is 16.5. The minimum absolute atomic E-state index is 0.119. The molecule has 0 spiro atoms. The van der Waals surface area contributed by atoms with Crippen molar-refractivity contribution in [3.8, 4) is 0 Å². The molecule has 2 aromatic rings. The van der Waals surface area contributed by atoms with Gasteiger partial charge in [0.15, 0.2) is 5.78 Å². The number of ether oxygens (including phenoxy) is 1. The van der Waals surface area contributed by atoms with Gasteiger partial charge in [-0.05, 0) is 26.0 Å². The SMILES string of the molecule is CC(C)(C(=O)c1cccc2cccnc12)N1CCOCC1. The molecule has 0 amide bonds. The highest BCUT2D eigenvalue weighted by molar-refractivity contribution is 6.10. The highest BCUT2D eigenvalue weighted by Gasteiger charge is 2.36. The standard InChI is InChI=1S/C17H20N2O2/c1-17(2,19-9-11-21-12-10-19)16(20)14-7-3-5-13-6-4-8-18-15(13)14/h3-8H,9-12H2,1-2H3. The number of benzene rings is 1. The Balaban J connectivity index is 1.99. The summed E-state index contributed by atoms with van der Waals surface area (Å²) in [7, 11) is 0. The maximum atomic E-state index is 13.1. The summed E-state index contributed by atoms with van der Waals surface area (Å²) in [5.41, 5.74) is 0.936. The summed E-state index contributed by atoms with van der Waals surface area (Å²) in [6, 6.07) is 9.66. The monoisotopic (exact) mass is 284 g/mol. The van der Waals surface area contributed by atoms with Gasteiger partial charge in [0, 0.05) is 30.2 Å². The van der Waals surface area contributed by atoms with Gasteiger partial charge in [0.2, 0.25) is 0 Å². The summed E-state index contributed by atoms with van der Waals surface area (Å²) in [4.78, 5) is 19.6. The first-order valence-electron chi connectivity index (χ1n) is 7.32. The minimum Gasteiger partial charge on any atom is -0.379 e. The number of aromatic nitrogens is 1. The van der Waals surface area contributed by atoms with Crippen LogP contribution in [-0.2, 0) is 4.74 Å². The van der Waals surface area contributed by atoms with Crippen molar-refractivity contribution < 1.29 is 9.53 Å². The fourth-order valence-electron chi connectivity index (χ4n) is 2.88. The number of carbonyl (C=O) groups is 1. The van der Waals surface area contributed by atoms with Gasteiger partial charge in [0.1, 0.15) is 0 Å². The lowest BCUT2D eigenvalue weighted by Gasteiger charge is -2.39. The Hall–Kier alpha value is -1.78. The average molecular weight is 284 g/mol. The smallest absolute Gasteiger partial charge is 0.184 e. The highest BCUT2D eigenvalue weighted by Crippen LogP contribution is 2.25. The fraction of sp³-hybridized carbons (Fsp3) is 0.412. The lowest BCUT2D eigenvalue weighted by atomic mass is 9.89. The zero-order chi connectivity index (χ0) is 14.9. The van der Waals surface area contributed by atoms with Crippen LogP contribution >= 0.6 is 0 Å². The van der Waals surface area contributed by atoms with Gasteiger partial charge in [-0.2, -0.15) is 0 Å². The van der Waals surface area contributed by atoms with Crippen LogP contribution in [0.1, 0.15) is 24.2 Å². The molecule has 1 fully saturated rings. The lowest BCUT2D eigenvalue weighted by molar-refractivity contribution is -0.00424. The number of carbonyl (C=O) groups excluding carboxylic acids is 1. The topological polar surface area (TPSA) is 42.4 Å². The van der Waals surface area contributed by atoms with Crippen LogP contribution in [0.2, 0.25) is 0 Å². The Bertz CT molecular complexity index is 655. The zero-order valence-corrected chi connectivity index (χ0v) is 12.5. The molecular formula is C17H20N2O2. The van der Waals surface area contributed by atoms with E-state index in [1.165, 1.54) is 0 Å². The van der Waals surface area contributed by atoms with Gasteiger partial charge in [-0.25, -0.2) is 0 Å². The first-order valence-corrected chi connectivity index (χ1v) is 7.32. The van der Waals surface area contributed by atoms with Crippen LogP contribution in [0.15, 0.2) is 36.5 Å². The van der Waals surface area contributed by atoms with E-state index in [0.717, 1.165) is 24.0 Å². The first kappa shape index (κ1) is 14.2. The van der Waals surface area contributed by atoms with Gasteiger partial charge in [0.05, 0.1) is 24.3 Å². The molecule has 2 heterocycles. The minimum atomic E-state index is -0.546.